The van der Waals surface area contributed by atoms with Crippen LogP contribution in [0.3, 0.4) is 0 Å². The standard InChI is InChI=1S/C12H10O3S/c13-16(14,15)11-7-5-9-3-1-2-8-4-6-10(11)12(8)9/h1-3,5,7H,4,6H2,(H,13,14,15). The van der Waals surface area contributed by atoms with Crippen LogP contribution in [0.5, 0.6) is 0 Å². The fraction of sp³-hybridized carbons (Fsp3) is 0.167. The van der Waals surface area contributed by atoms with E-state index in [-0.39, 0.29) is 4.90 Å². The molecule has 82 valence electrons. The lowest BCUT2D eigenvalue weighted by Gasteiger charge is -2.05. The predicted molar refractivity (Wildman–Crippen MR) is 61.2 cm³/mol. The van der Waals surface area contributed by atoms with E-state index >= 15 is 0 Å². The molecule has 0 saturated carbocycles. The summed E-state index contributed by atoms with van der Waals surface area (Å²) in [6.45, 7) is 0. The third-order valence-electron chi connectivity index (χ3n) is 3.12. The second-order valence-electron chi connectivity index (χ2n) is 4.03. The van der Waals surface area contributed by atoms with Gasteiger partial charge in [-0.1, -0.05) is 24.3 Å². The van der Waals surface area contributed by atoms with Crippen molar-refractivity contribution in [3.63, 3.8) is 0 Å². The number of hydrogen-bond donors (Lipinski definition) is 1. The van der Waals surface area contributed by atoms with Gasteiger partial charge in [-0.15, -0.1) is 0 Å². The highest BCUT2D eigenvalue weighted by molar-refractivity contribution is 7.85. The molecule has 0 aliphatic heterocycles. The number of hydrogen-bond acceptors (Lipinski definition) is 2. The average molecular weight is 234 g/mol. The van der Waals surface area contributed by atoms with E-state index in [1.165, 1.54) is 6.07 Å². The summed E-state index contributed by atoms with van der Waals surface area (Å²) >= 11 is 0. The number of aryl methyl sites for hydroxylation is 2. The maximum absolute atomic E-state index is 11.2. The van der Waals surface area contributed by atoms with Crippen LogP contribution < -0.4 is 0 Å². The van der Waals surface area contributed by atoms with E-state index in [0.717, 1.165) is 28.3 Å². The minimum atomic E-state index is -4.10. The Morgan fingerprint density at radius 1 is 1.06 bits per heavy atom. The van der Waals surface area contributed by atoms with Crippen molar-refractivity contribution in [3.8, 4) is 0 Å². The molecule has 0 spiro atoms. The molecule has 1 N–H and O–H groups in total. The third-order valence-corrected chi connectivity index (χ3v) is 4.06. The molecule has 3 nitrogen and oxygen atoms in total. The molecule has 1 aliphatic rings. The highest BCUT2D eigenvalue weighted by Crippen LogP contribution is 2.34. The van der Waals surface area contributed by atoms with Crippen LogP contribution >= 0.6 is 0 Å². The highest BCUT2D eigenvalue weighted by Gasteiger charge is 2.22. The van der Waals surface area contributed by atoms with Gasteiger partial charge < -0.3 is 0 Å². The minimum Gasteiger partial charge on any atom is -0.282 e. The van der Waals surface area contributed by atoms with Gasteiger partial charge in [0, 0.05) is 0 Å². The lowest BCUT2D eigenvalue weighted by Crippen LogP contribution is -2.02. The summed E-state index contributed by atoms with van der Waals surface area (Å²) in [7, 11) is -4.10. The van der Waals surface area contributed by atoms with Crippen LogP contribution in [0.2, 0.25) is 0 Å². The van der Waals surface area contributed by atoms with Crippen LogP contribution in [0.1, 0.15) is 11.1 Å². The van der Waals surface area contributed by atoms with E-state index in [1.54, 1.807) is 6.07 Å². The van der Waals surface area contributed by atoms with Gasteiger partial charge in [-0.2, -0.15) is 8.42 Å². The zero-order chi connectivity index (χ0) is 11.3. The molecule has 2 aromatic rings. The molecule has 16 heavy (non-hydrogen) atoms. The molecular formula is C12H10O3S. The first-order chi connectivity index (χ1) is 7.57. The van der Waals surface area contributed by atoms with Gasteiger partial charge in [-0.05, 0) is 40.8 Å². The van der Waals surface area contributed by atoms with Gasteiger partial charge >= 0.3 is 0 Å². The summed E-state index contributed by atoms with van der Waals surface area (Å²) in [6, 6.07) is 9.17. The van der Waals surface area contributed by atoms with Crippen molar-refractivity contribution in [3.05, 3.63) is 41.5 Å². The van der Waals surface area contributed by atoms with Gasteiger partial charge in [-0.3, -0.25) is 4.55 Å². The van der Waals surface area contributed by atoms with Gasteiger partial charge in [0.2, 0.25) is 0 Å². The largest absolute Gasteiger partial charge is 0.294 e. The molecule has 0 fully saturated rings. The molecule has 0 bridgehead atoms. The monoisotopic (exact) mass is 234 g/mol. The molecular weight excluding hydrogens is 224 g/mol. The Labute approximate surface area is 93.5 Å². The Morgan fingerprint density at radius 2 is 1.88 bits per heavy atom. The SMILES string of the molecule is O=S(=O)(O)c1ccc2cccc3c2c1CC3. The Hall–Kier alpha value is -1.39. The van der Waals surface area contributed by atoms with E-state index in [1.807, 2.05) is 18.2 Å². The number of rotatable bonds is 1. The molecule has 0 amide bonds. The van der Waals surface area contributed by atoms with Crippen LogP contribution in [0.25, 0.3) is 10.8 Å². The van der Waals surface area contributed by atoms with Crippen LogP contribution in [0, 0.1) is 0 Å². The molecule has 4 heteroatoms. The molecule has 0 aromatic heterocycles. The molecule has 0 unspecified atom stereocenters. The van der Waals surface area contributed by atoms with E-state index < -0.39 is 10.1 Å². The van der Waals surface area contributed by atoms with Crippen molar-refractivity contribution in [2.75, 3.05) is 0 Å². The number of benzene rings is 2. The first kappa shape index (κ1) is 9.81. The summed E-state index contributed by atoms with van der Waals surface area (Å²) in [5, 5.41) is 2.04. The average Bonchev–Trinajstić information content (AvgIpc) is 2.63. The zero-order valence-electron chi connectivity index (χ0n) is 8.47. The molecule has 1 aliphatic carbocycles. The van der Waals surface area contributed by atoms with Crippen LogP contribution in [0.15, 0.2) is 35.2 Å². The Kier molecular flexibility index (Phi) is 1.87. The van der Waals surface area contributed by atoms with E-state index in [0.29, 0.717) is 6.42 Å². The molecule has 3 rings (SSSR count). The summed E-state index contributed by atoms with van der Waals surface area (Å²) in [6.07, 6.45) is 1.53. The van der Waals surface area contributed by atoms with E-state index in [2.05, 4.69) is 0 Å². The highest BCUT2D eigenvalue weighted by atomic mass is 32.2. The second-order valence-corrected chi connectivity index (χ2v) is 5.42. The topological polar surface area (TPSA) is 54.4 Å². The molecule has 2 aromatic carbocycles. The van der Waals surface area contributed by atoms with Crippen molar-refractivity contribution in [2.24, 2.45) is 0 Å². The van der Waals surface area contributed by atoms with Crippen molar-refractivity contribution in [1.82, 2.24) is 0 Å². The quantitative estimate of drug-likeness (QED) is 0.769. The fourth-order valence-corrected chi connectivity index (χ4v) is 3.23. The van der Waals surface area contributed by atoms with Gasteiger partial charge in [0.05, 0.1) is 4.90 Å². The Balaban J connectivity index is 2.49. The van der Waals surface area contributed by atoms with E-state index in [4.69, 9.17) is 4.55 Å². The molecule has 0 heterocycles. The zero-order valence-corrected chi connectivity index (χ0v) is 9.29. The lowest BCUT2D eigenvalue weighted by molar-refractivity contribution is 0.482. The smallest absolute Gasteiger partial charge is 0.282 e. The first-order valence-electron chi connectivity index (χ1n) is 5.08. The molecule has 0 saturated heterocycles. The molecule has 0 radical (unpaired) electrons. The van der Waals surface area contributed by atoms with Crippen LogP contribution in [-0.4, -0.2) is 13.0 Å². The summed E-state index contributed by atoms with van der Waals surface area (Å²) in [5.41, 5.74) is 1.92. The first-order valence-corrected chi connectivity index (χ1v) is 6.52. The van der Waals surface area contributed by atoms with Gasteiger partial charge in [-0.25, -0.2) is 0 Å². The Bertz CT molecular complexity index is 687. The fourth-order valence-electron chi connectivity index (χ4n) is 2.47. The minimum absolute atomic E-state index is 0.0601. The van der Waals surface area contributed by atoms with Gasteiger partial charge in [0.1, 0.15) is 0 Å². The van der Waals surface area contributed by atoms with Crippen molar-refractivity contribution >= 4 is 20.9 Å². The summed E-state index contributed by atoms with van der Waals surface area (Å²) < 4.78 is 31.6. The second kappa shape index (κ2) is 3.06. The Morgan fingerprint density at radius 3 is 2.62 bits per heavy atom. The van der Waals surface area contributed by atoms with Gasteiger partial charge in [0.25, 0.3) is 10.1 Å². The maximum Gasteiger partial charge on any atom is 0.294 e. The van der Waals surface area contributed by atoms with Gasteiger partial charge in [0.15, 0.2) is 0 Å². The lowest BCUT2D eigenvalue weighted by atomic mass is 10.1. The predicted octanol–water partition coefficient (Wildman–Crippen LogP) is 2.19. The van der Waals surface area contributed by atoms with Crippen molar-refractivity contribution < 1.29 is 13.0 Å². The van der Waals surface area contributed by atoms with Crippen molar-refractivity contribution in [1.29, 1.82) is 0 Å². The summed E-state index contributed by atoms with van der Waals surface area (Å²) in [4.78, 5) is 0.0601. The van der Waals surface area contributed by atoms with Crippen molar-refractivity contribution in [2.45, 2.75) is 17.7 Å². The summed E-state index contributed by atoms with van der Waals surface area (Å²) in [5.74, 6) is 0. The van der Waals surface area contributed by atoms with Crippen LogP contribution in [-0.2, 0) is 23.0 Å². The normalized spacial score (nSPS) is 14.6. The van der Waals surface area contributed by atoms with Crippen LogP contribution in [0.4, 0.5) is 0 Å². The third kappa shape index (κ3) is 1.27. The van der Waals surface area contributed by atoms with E-state index in [9.17, 15) is 8.42 Å². The maximum atomic E-state index is 11.2. The molecule has 0 atom stereocenters.